The average molecular weight is 297 g/mol. The maximum absolute atomic E-state index is 12.3. The molecule has 0 saturated carbocycles. The van der Waals surface area contributed by atoms with E-state index >= 15 is 0 Å². The van der Waals surface area contributed by atoms with Gasteiger partial charge in [0.1, 0.15) is 0 Å². The highest BCUT2D eigenvalue weighted by molar-refractivity contribution is 7.12. The van der Waals surface area contributed by atoms with Crippen LogP contribution in [0.5, 0.6) is 0 Å². The molecule has 1 rings (SSSR count). The quantitative estimate of drug-likeness (QED) is 0.846. The zero-order valence-electron chi connectivity index (χ0n) is 12.5. The number of thiophene rings is 1. The van der Waals surface area contributed by atoms with E-state index < -0.39 is 5.97 Å². The summed E-state index contributed by atoms with van der Waals surface area (Å²) in [6, 6.07) is 1.60. The number of amides is 1. The molecule has 112 valence electrons. The lowest BCUT2D eigenvalue weighted by atomic mass is 9.87. The molecule has 1 aromatic heterocycles. The molecule has 0 aliphatic heterocycles. The molecule has 1 atom stereocenters. The molecule has 0 radical (unpaired) electrons. The summed E-state index contributed by atoms with van der Waals surface area (Å²) >= 11 is 1.40. The Kier molecular flexibility index (Phi) is 5.74. The number of aryl methyl sites for hydroxylation is 1. The van der Waals surface area contributed by atoms with Crippen LogP contribution in [0.15, 0.2) is 11.4 Å². The minimum absolute atomic E-state index is 0.0313. The van der Waals surface area contributed by atoms with Gasteiger partial charge in [0.05, 0.1) is 11.3 Å². The Labute approximate surface area is 124 Å². The molecule has 1 heterocycles. The van der Waals surface area contributed by atoms with Gasteiger partial charge in [0.25, 0.3) is 5.91 Å². The number of carbonyl (C=O) groups is 2. The molecule has 5 heteroatoms. The second-order valence-corrected chi connectivity index (χ2v) is 7.08. The third-order valence-corrected chi connectivity index (χ3v) is 3.90. The number of rotatable bonds is 6. The predicted molar refractivity (Wildman–Crippen MR) is 81.3 cm³/mol. The fourth-order valence-electron chi connectivity index (χ4n) is 2.19. The summed E-state index contributed by atoms with van der Waals surface area (Å²) in [6.45, 7) is 8.12. The van der Waals surface area contributed by atoms with Gasteiger partial charge < -0.3 is 10.4 Å². The van der Waals surface area contributed by atoms with Gasteiger partial charge in [0.15, 0.2) is 0 Å². The van der Waals surface area contributed by atoms with Crippen LogP contribution in [0.2, 0.25) is 0 Å². The Bertz CT molecular complexity index is 474. The van der Waals surface area contributed by atoms with Crippen molar-refractivity contribution in [1.29, 1.82) is 0 Å². The number of hydrogen-bond acceptors (Lipinski definition) is 3. The highest BCUT2D eigenvalue weighted by Gasteiger charge is 2.24. The van der Waals surface area contributed by atoms with Gasteiger partial charge in [0, 0.05) is 6.04 Å². The van der Waals surface area contributed by atoms with Crippen LogP contribution in [0.1, 0.15) is 55.8 Å². The van der Waals surface area contributed by atoms with Crippen LogP contribution >= 0.6 is 11.3 Å². The summed E-state index contributed by atoms with van der Waals surface area (Å²) in [4.78, 5) is 23.9. The number of carbonyl (C=O) groups excluding carboxylic acids is 1. The van der Waals surface area contributed by atoms with Crippen LogP contribution < -0.4 is 5.32 Å². The molecule has 1 aromatic rings. The largest absolute Gasteiger partial charge is 0.481 e. The lowest BCUT2D eigenvalue weighted by molar-refractivity contribution is -0.137. The molecule has 2 N–H and O–H groups in total. The molecule has 0 bridgehead atoms. The SMILES string of the molecule is CCc1ccsc1C(=O)NC(CC(=O)O)CC(C)(C)C. The summed E-state index contributed by atoms with van der Waals surface area (Å²) in [7, 11) is 0. The lowest BCUT2D eigenvalue weighted by Crippen LogP contribution is -2.39. The molecule has 1 amide bonds. The van der Waals surface area contributed by atoms with Gasteiger partial charge in [-0.25, -0.2) is 0 Å². The first kappa shape index (κ1) is 16.7. The van der Waals surface area contributed by atoms with Crippen LogP contribution in [-0.2, 0) is 11.2 Å². The Balaban J connectivity index is 2.78. The van der Waals surface area contributed by atoms with Gasteiger partial charge >= 0.3 is 5.97 Å². The molecule has 20 heavy (non-hydrogen) atoms. The average Bonchev–Trinajstić information content (AvgIpc) is 2.73. The minimum Gasteiger partial charge on any atom is -0.481 e. The van der Waals surface area contributed by atoms with E-state index in [0.29, 0.717) is 11.3 Å². The van der Waals surface area contributed by atoms with Gasteiger partial charge in [-0.2, -0.15) is 0 Å². The Morgan fingerprint density at radius 2 is 2.05 bits per heavy atom. The fraction of sp³-hybridized carbons (Fsp3) is 0.600. The third kappa shape index (κ3) is 5.33. The summed E-state index contributed by atoms with van der Waals surface area (Å²) < 4.78 is 0. The van der Waals surface area contributed by atoms with Gasteiger partial charge in [-0.1, -0.05) is 27.7 Å². The third-order valence-electron chi connectivity index (χ3n) is 2.95. The maximum atomic E-state index is 12.3. The van der Waals surface area contributed by atoms with Crippen molar-refractivity contribution in [2.45, 2.75) is 53.0 Å². The monoisotopic (exact) mass is 297 g/mol. The van der Waals surface area contributed by atoms with Crippen LogP contribution in [0.25, 0.3) is 0 Å². The van der Waals surface area contributed by atoms with E-state index in [1.165, 1.54) is 11.3 Å². The van der Waals surface area contributed by atoms with E-state index in [2.05, 4.69) is 5.32 Å². The van der Waals surface area contributed by atoms with Gasteiger partial charge in [-0.05, 0) is 35.3 Å². The molecular weight excluding hydrogens is 274 g/mol. The number of carboxylic acid groups (broad SMARTS) is 1. The Morgan fingerprint density at radius 1 is 1.40 bits per heavy atom. The molecule has 0 aliphatic carbocycles. The maximum Gasteiger partial charge on any atom is 0.305 e. The van der Waals surface area contributed by atoms with Crippen molar-refractivity contribution >= 4 is 23.2 Å². The van der Waals surface area contributed by atoms with Crippen LogP contribution in [0.4, 0.5) is 0 Å². The van der Waals surface area contributed by atoms with Crippen molar-refractivity contribution in [3.8, 4) is 0 Å². The summed E-state index contributed by atoms with van der Waals surface area (Å²) in [5.74, 6) is -1.05. The van der Waals surface area contributed by atoms with E-state index in [1.54, 1.807) is 0 Å². The van der Waals surface area contributed by atoms with E-state index in [1.807, 2.05) is 39.1 Å². The minimum atomic E-state index is -0.888. The second kappa shape index (κ2) is 6.88. The van der Waals surface area contributed by atoms with Crippen molar-refractivity contribution in [2.24, 2.45) is 5.41 Å². The normalized spacial score (nSPS) is 13.0. The number of nitrogens with one attached hydrogen (secondary N) is 1. The number of hydrogen-bond donors (Lipinski definition) is 2. The first-order chi connectivity index (χ1) is 9.23. The highest BCUT2D eigenvalue weighted by Crippen LogP contribution is 2.23. The zero-order chi connectivity index (χ0) is 15.3. The van der Waals surface area contributed by atoms with Gasteiger partial charge in [-0.15, -0.1) is 11.3 Å². The Hall–Kier alpha value is -1.36. The first-order valence-electron chi connectivity index (χ1n) is 6.82. The van der Waals surface area contributed by atoms with Crippen LogP contribution in [0.3, 0.4) is 0 Å². The van der Waals surface area contributed by atoms with Crippen LogP contribution in [0, 0.1) is 5.41 Å². The van der Waals surface area contributed by atoms with E-state index in [0.717, 1.165) is 12.0 Å². The number of carboxylic acids is 1. The number of aliphatic carboxylic acids is 1. The predicted octanol–water partition coefficient (Wildman–Crippen LogP) is 3.32. The molecule has 0 aliphatic rings. The molecule has 0 saturated heterocycles. The molecule has 0 aromatic carbocycles. The van der Waals surface area contributed by atoms with E-state index in [-0.39, 0.29) is 23.8 Å². The molecular formula is C15H23NO3S. The van der Waals surface area contributed by atoms with Gasteiger partial charge in [0.2, 0.25) is 0 Å². The van der Waals surface area contributed by atoms with Crippen LogP contribution in [-0.4, -0.2) is 23.0 Å². The summed E-state index contributed by atoms with van der Waals surface area (Å²) in [5, 5.41) is 13.7. The van der Waals surface area contributed by atoms with Crippen molar-refractivity contribution in [1.82, 2.24) is 5.32 Å². The standard InChI is InChI=1S/C15H23NO3S/c1-5-10-6-7-20-13(10)14(19)16-11(8-12(17)18)9-15(2,3)4/h6-7,11H,5,8-9H2,1-4H3,(H,16,19)(H,17,18). The van der Waals surface area contributed by atoms with Crippen molar-refractivity contribution < 1.29 is 14.7 Å². The highest BCUT2D eigenvalue weighted by atomic mass is 32.1. The first-order valence-corrected chi connectivity index (χ1v) is 7.70. The fourth-order valence-corrected chi connectivity index (χ4v) is 3.09. The zero-order valence-corrected chi connectivity index (χ0v) is 13.3. The molecule has 1 unspecified atom stereocenters. The van der Waals surface area contributed by atoms with E-state index in [4.69, 9.17) is 5.11 Å². The lowest BCUT2D eigenvalue weighted by Gasteiger charge is -2.25. The smallest absolute Gasteiger partial charge is 0.305 e. The summed E-state index contributed by atoms with van der Waals surface area (Å²) in [6.07, 6.45) is 1.39. The molecule has 0 fully saturated rings. The molecule has 4 nitrogen and oxygen atoms in total. The van der Waals surface area contributed by atoms with Crippen molar-refractivity contribution in [3.63, 3.8) is 0 Å². The van der Waals surface area contributed by atoms with E-state index in [9.17, 15) is 9.59 Å². The topological polar surface area (TPSA) is 66.4 Å². The Morgan fingerprint density at radius 3 is 2.55 bits per heavy atom. The molecule has 0 spiro atoms. The summed E-state index contributed by atoms with van der Waals surface area (Å²) in [5.41, 5.74) is 0.980. The second-order valence-electron chi connectivity index (χ2n) is 6.16. The van der Waals surface area contributed by atoms with Crippen molar-refractivity contribution in [2.75, 3.05) is 0 Å². The van der Waals surface area contributed by atoms with Gasteiger partial charge in [-0.3, -0.25) is 9.59 Å². The van der Waals surface area contributed by atoms with Crippen molar-refractivity contribution in [3.05, 3.63) is 21.9 Å².